The summed E-state index contributed by atoms with van der Waals surface area (Å²) in [6.45, 7) is 7.99. The fraction of sp³-hybridized carbons (Fsp3) is 0.773. The van der Waals surface area contributed by atoms with Gasteiger partial charge in [-0.3, -0.25) is 0 Å². The van der Waals surface area contributed by atoms with Crippen LogP contribution in [0.1, 0.15) is 103 Å². The summed E-state index contributed by atoms with van der Waals surface area (Å²) in [5, 5.41) is 0. The van der Waals surface area contributed by atoms with Gasteiger partial charge in [0.25, 0.3) is 0 Å². The number of nitrogens with zero attached hydrogens (tertiary/aromatic N) is 1. The van der Waals surface area contributed by atoms with E-state index < -0.39 is 0 Å². The van der Waals surface area contributed by atoms with Gasteiger partial charge in [0.15, 0.2) is 12.4 Å². The van der Waals surface area contributed by atoms with Crippen molar-refractivity contribution in [1.29, 1.82) is 0 Å². The third-order valence-corrected chi connectivity index (χ3v) is 4.87. The molecule has 0 radical (unpaired) electrons. The van der Waals surface area contributed by atoms with Crippen LogP contribution in [-0.4, -0.2) is 0 Å². The molecule has 1 rings (SSSR count). The highest BCUT2D eigenvalue weighted by atomic mass is 14.9. The smallest absolute Gasteiger partial charge is 0.171 e. The van der Waals surface area contributed by atoms with E-state index in [9.17, 15) is 0 Å². The molecule has 1 aromatic rings. The topological polar surface area (TPSA) is 3.88 Å². The van der Waals surface area contributed by atoms with E-state index in [1.165, 1.54) is 88.3 Å². The van der Waals surface area contributed by atoms with Crippen LogP contribution in [0.3, 0.4) is 0 Å². The second-order valence-corrected chi connectivity index (χ2v) is 7.03. The van der Waals surface area contributed by atoms with Crippen molar-refractivity contribution in [2.45, 2.75) is 111 Å². The van der Waals surface area contributed by atoms with Crippen molar-refractivity contribution in [3.05, 3.63) is 29.6 Å². The highest BCUT2D eigenvalue weighted by molar-refractivity contribution is 5.14. The average Bonchev–Trinajstić information content (AvgIpc) is 2.59. The minimum atomic E-state index is 1.14. The SMILES string of the molecule is CCCCCCCCCCCCC[n+]1cc(CC)cc(CC)c1. The fourth-order valence-corrected chi connectivity index (χ4v) is 3.25. The maximum absolute atomic E-state index is 2.42. The summed E-state index contributed by atoms with van der Waals surface area (Å²) < 4.78 is 2.42. The van der Waals surface area contributed by atoms with E-state index in [4.69, 9.17) is 0 Å². The Morgan fingerprint density at radius 3 is 1.48 bits per heavy atom. The van der Waals surface area contributed by atoms with Gasteiger partial charge in [-0.05, 0) is 25.3 Å². The summed E-state index contributed by atoms with van der Waals surface area (Å²) in [6.07, 6.45) is 22.6. The Labute approximate surface area is 145 Å². The molecule has 1 nitrogen and oxygen atoms in total. The Bertz CT molecular complexity index is 375. The first-order valence-electron chi connectivity index (χ1n) is 10.3. The first-order valence-corrected chi connectivity index (χ1v) is 10.3. The zero-order valence-electron chi connectivity index (χ0n) is 16.1. The van der Waals surface area contributed by atoms with Crippen LogP contribution < -0.4 is 4.57 Å². The van der Waals surface area contributed by atoms with E-state index >= 15 is 0 Å². The van der Waals surface area contributed by atoms with Crippen molar-refractivity contribution in [2.75, 3.05) is 0 Å². The second kappa shape index (κ2) is 13.6. The second-order valence-electron chi connectivity index (χ2n) is 7.03. The van der Waals surface area contributed by atoms with Crippen LogP contribution in [0.25, 0.3) is 0 Å². The Morgan fingerprint density at radius 1 is 0.609 bits per heavy atom. The van der Waals surface area contributed by atoms with E-state index in [2.05, 4.69) is 43.8 Å². The predicted octanol–water partition coefficient (Wildman–Crippen LogP) is 6.41. The Morgan fingerprint density at radius 2 is 1.04 bits per heavy atom. The Kier molecular flexibility index (Phi) is 11.9. The van der Waals surface area contributed by atoms with Crippen LogP contribution in [0, 0.1) is 0 Å². The van der Waals surface area contributed by atoms with Crippen molar-refractivity contribution < 1.29 is 4.57 Å². The average molecular weight is 319 g/mol. The Hall–Kier alpha value is -0.850. The van der Waals surface area contributed by atoms with Crippen molar-refractivity contribution in [2.24, 2.45) is 0 Å². The standard InChI is InChI=1S/C22H40N/c1-4-7-8-9-10-11-12-13-14-15-16-17-23-19-21(5-2)18-22(6-3)20-23/h18-20H,4-17H2,1-3H3/q+1. The normalized spacial score (nSPS) is 11.1. The molecule has 0 aromatic carbocycles. The lowest BCUT2D eigenvalue weighted by Crippen LogP contribution is -2.34. The lowest BCUT2D eigenvalue weighted by molar-refractivity contribution is -0.698. The zero-order valence-corrected chi connectivity index (χ0v) is 16.1. The third-order valence-electron chi connectivity index (χ3n) is 4.87. The molecule has 0 bridgehead atoms. The van der Waals surface area contributed by atoms with Gasteiger partial charge < -0.3 is 0 Å². The maximum Gasteiger partial charge on any atom is 0.171 e. The highest BCUT2D eigenvalue weighted by Gasteiger charge is 2.05. The molecule has 0 amide bonds. The number of unbranched alkanes of at least 4 members (excludes halogenated alkanes) is 10. The minimum absolute atomic E-state index is 1.14. The molecule has 0 aliphatic heterocycles. The van der Waals surface area contributed by atoms with E-state index in [0.29, 0.717) is 0 Å². The van der Waals surface area contributed by atoms with Gasteiger partial charge in [-0.1, -0.05) is 78.6 Å². The molecule has 23 heavy (non-hydrogen) atoms. The van der Waals surface area contributed by atoms with Crippen LogP contribution in [0.15, 0.2) is 18.5 Å². The predicted molar refractivity (Wildman–Crippen MR) is 102 cm³/mol. The summed E-state index contributed by atoms with van der Waals surface area (Å²) in [4.78, 5) is 0. The van der Waals surface area contributed by atoms with Gasteiger partial charge in [0.05, 0.1) is 0 Å². The zero-order chi connectivity index (χ0) is 16.8. The van der Waals surface area contributed by atoms with Crippen LogP contribution in [0.5, 0.6) is 0 Å². The molecule has 1 aromatic heterocycles. The van der Waals surface area contributed by atoms with Gasteiger partial charge in [-0.15, -0.1) is 0 Å². The fourth-order valence-electron chi connectivity index (χ4n) is 3.25. The van der Waals surface area contributed by atoms with Crippen LogP contribution >= 0.6 is 0 Å². The number of pyridine rings is 1. The van der Waals surface area contributed by atoms with Crippen LogP contribution in [0.4, 0.5) is 0 Å². The number of hydrogen-bond acceptors (Lipinski definition) is 0. The summed E-state index contributed by atoms with van der Waals surface area (Å²) in [5.41, 5.74) is 2.96. The van der Waals surface area contributed by atoms with Gasteiger partial charge in [-0.25, -0.2) is 4.57 Å². The largest absolute Gasteiger partial charge is 0.205 e. The number of aromatic nitrogens is 1. The van der Waals surface area contributed by atoms with Crippen molar-refractivity contribution in [3.63, 3.8) is 0 Å². The van der Waals surface area contributed by atoms with E-state index in [1.807, 2.05) is 0 Å². The lowest BCUT2D eigenvalue weighted by atomic mass is 10.1. The van der Waals surface area contributed by atoms with Gasteiger partial charge in [0.1, 0.15) is 6.54 Å². The van der Waals surface area contributed by atoms with Crippen LogP contribution in [-0.2, 0) is 19.4 Å². The first kappa shape index (κ1) is 20.2. The molecule has 1 heterocycles. The molecule has 1 heteroatoms. The number of aryl methyl sites for hydroxylation is 3. The van der Waals surface area contributed by atoms with Crippen molar-refractivity contribution >= 4 is 0 Å². The summed E-state index contributed by atoms with van der Waals surface area (Å²) >= 11 is 0. The molecule has 132 valence electrons. The highest BCUT2D eigenvalue weighted by Crippen LogP contribution is 2.11. The van der Waals surface area contributed by atoms with Crippen LogP contribution in [0.2, 0.25) is 0 Å². The number of hydrogen-bond donors (Lipinski definition) is 0. The molecule has 0 spiro atoms. The summed E-state index contributed by atoms with van der Waals surface area (Å²) in [6, 6.07) is 2.36. The summed E-state index contributed by atoms with van der Waals surface area (Å²) in [5.74, 6) is 0. The molecule has 0 atom stereocenters. The molecule has 0 aliphatic rings. The molecule has 0 aliphatic carbocycles. The van der Waals surface area contributed by atoms with E-state index in [-0.39, 0.29) is 0 Å². The minimum Gasteiger partial charge on any atom is -0.205 e. The molecule has 0 saturated heterocycles. The number of rotatable bonds is 14. The van der Waals surface area contributed by atoms with E-state index in [0.717, 1.165) is 12.8 Å². The molecule has 0 saturated carbocycles. The molecule has 0 N–H and O–H groups in total. The first-order chi connectivity index (χ1) is 11.3. The summed E-state index contributed by atoms with van der Waals surface area (Å²) in [7, 11) is 0. The molecular weight excluding hydrogens is 278 g/mol. The van der Waals surface area contributed by atoms with Gasteiger partial charge in [0.2, 0.25) is 0 Å². The van der Waals surface area contributed by atoms with Gasteiger partial charge in [-0.2, -0.15) is 0 Å². The third kappa shape index (κ3) is 9.79. The van der Waals surface area contributed by atoms with Gasteiger partial charge in [0, 0.05) is 17.5 Å². The van der Waals surface area contributed by atoms with Crippen molar-refractivity contribution in [1.82, 2.24) is 0 Å². The molecule has 0 fully saturated rings. The lowest BCUT2D eigenvalue weighted by Gasteiger charge is -2.04. The van der Waals surface area contributed by atoms with E-state index in [1.54, 1.807) is 0 Å². The maximum atomic E-state index is 2.42. The van der Waals surface area contributed by atoms with Gasteiger partial charge >= 0.3 is 0 Å². The molecule has 0 unspecified atom stereocenters. The van der Waals surface area contributed by atoms with Crippen molar-refractivity contribution in [3.8, 4) is 0 Å². The Balaban J connectivity index is 2.04. The monoisotopic (exact) mass is 318 g/mol. The quantitative estimate of drug-likeness (QED) is 0.275. The molecular formula is C22H40N+.